The van der Waals surface area contributed by atoms with Gasteiger partial charge in [0.1, 0.15) is 0 Å². The lowest BCUT2D eigenvalue weighted by Crippen LogP contribution is -2.60. The van der Waals surface area contributed by atoms with Crippen molar-refractivity contribution in [1.29, 1.82) is 0 Å². The fraction of sp³-hybridized carbons (Fsp3) is 0.254. The Bertz CT molecular complexity index is 3420. The van der Waals surface area contributed by atoms with Crippen LogP contribution >= 0.6 is 22.7 Å². The van der Waals surface area contributed by atoms with Crippen LogP contribution in [0.5, 0.6) is 0 Å². The van der Waals surface area contributed by atoms with Crippen molar-refractivity contribution in [3.8, 4) is 11.1 Å². The van der Waals surface area contributed by atoms with Gasteiger partial charge in [0.05, 0.1) is 11.4 Å². The molecule has 4 heterocycles. The molecule has 2 aromatic heterocycles. The van der Waals surface area contributed by atoms with Crippen LogP contribution in [0.3, 0.4) is 0 Å². The zero-order valence-corrected chi connectivity index (χ0v) is 40.6. The largest absolute Gasteiger partial charge is 0.311 e. The number of anilines is 6. The Morgan fingerprint density at radius 1 is 0.469 bits per heavy atom. The molecule has 0 fully saturated rings. The summed E-state index contributed by atoms with van der Waals surface area (Å²) in [5.74, 6) is 0. The third-order valence-electron chi connectivity index (χ3n) is 14.7. The molecule has 1 aliphatic carbocycles. The van der Waals surface area contributed by atoms with Gasteiger partial charge < -0.3 is 9.80 Å². The second-order valence-electron chi connectivity index (χ2n) is 22.2. The van der Waals surface area contributed by atoms with Gasteiger partial charge in [-0.15, -0.1) is 22.7 Å². The van der Waals surface area contributed by atoms with Gasteiger partial charge in [-0.2, -0.15) is 0 Å². The van der Waals surface area contributed by atoms with E-state index in [1.54, 1.807) is 0 Å². The standard InChI is InChI=1S/C59H55BN2S2/c1-56(2,3)34-20-25-37(26-21-34)61-46-29-24-36(58(7,8)9)30-45(46)60-52-47(33-50-51(54(52)61)40-17-13-15-19-48(40)63-50)62(38-27-22-35(23-28-38)57(4,5)6)53-42-31-41-39-16-12-14-18-43(39)59(10,11)44(41)32-49(42)64-55(53)60/h12-33H,1-11H3. The zero-order valence-electron chi connectivity index (χ0n) is 39.0. The van der Waals surface area contributed by atoms with E-state index in [2.05, 4.69) is 219 Å². The maximum absolute atomic E-state index is 2.66. The molecular formula is C59H55BN2S2. The van der Waals surface area contributed by atoms with Crippen molar-refractivity contribution in [3.05, 3.63) is 161 Å². The van der Waals surface area contributed by atoms with E-state index in [-0.39, 0.29) is 28.4 Å². The van der Waals surface area contributed by atoms with Crippen molar-refractivity contribution in [2.24, 2.45) is 0 Å². The van der Waals surface area contributed by atoms with E-state index in [0.717, 1.165) is 0 Å². The molecule has 316 valence electrons. The van der Waals surface area contributed by atoms with Crippen LogP contribution in [0.25, 0.3) is 41.4 Å². The Balaban J connectivity index is 1.24. The topological polar surface area (TPSA) is 6.48 Å². The monoisotopic (exact) mass is 866 g/mol. The van der Waals surface area contributed by atoms with Gasteiger partial charge in [-0.25, -0.2) is 0 Å². The Morgan fingerprint density at radius 2 is 1.06 bits per heavy atom. The van der Waals surface area contributed by atoms with Crippen molar-refractivity contribution in [1.82, 2.24) is 0 Å². The maximum atomic E-state index is 2.66. The minimum absolute atomic E-state index is 0.0247. The van der Waals surface area contributed by atoms with Crippen molar-refractivity contribution in [2.45, 2.75) is 97.8 Å². The van der Waals surface area contributed by atoms with Crippen LogP contribution in [0.2, 0.25) is 0 Å². The second kappa shape index (κ2) is 13.2. The molecule has 7 aromatic carbocycles. The highest BCUT2D eigenvalue weighted by Crippen LogP contribution is 2.56. The van der Waals surface area contributed by atoms with Crippen LogP contribution in [0, 0.1) is 0 Å². The molecule has 0 bridgehead atoms. The molecule has 0 amide bonds. The first kappa shape index (κ1) is 39.9. The highest BCUT2D eigenvalue weighted by molar-refractivity contribution is 7.34. The lowest BCUT2D eigenvalue weighted by molar-refractivity contribution is 0.590. The smallest absolute Gasteiger partial charge is 0.264 e. The lowest BCUT2D eigenvalue weighted by atomic mass is 9.36. The van der Waals surface area contributed by atoms with Crippen LogP contribution in [0.15, 0.2) is 133 Å². The quantitative estimate of drug-likeness (QED) is 0.160. The first-order chi connectivity index (χ1) is 30.4. The van der Waals surface area contributed by atoms with Gasteiger partial charge in [-0.1, -0.05) is 155 Å². The molecule has 0 radical (unpaired) electrons. The molecule has 0 atom stereocenters. The molecule has 2 aliphatic heterocycles. The van der Waals surface area contributed by atoms with E-state index in [9.17, 15) is 0 Å². The summed E-state index contributed by atoms with van der Waals surface area (Å²) in [6.45, 7) is 25.8. The summed E-state index contributed by atoms with van der Waals surface area (Å²) in [5.41, 5.74) is 20.0. The molecule has 3 aliphatic rings. The van der Waals surface area contributed by atoms with Crippen molar-refractivity contribution >= 4 is 109 Å². The SMILES string of the molecule is CC(C)(C)c1ccc(N2c3cc4sc5ccccc5c4c4c3B(c3cc(C(C)(C)C)ccc3N4c3ccc(C(C)(C)C)cc3)c3sc4cc5c(cc4c32)-c2ccccc2C5(C)C)cc1. The summed E-state index contributed by atoms with van der Waals surface area (Å²) in [5, 5.41) is 4.01. The predicted molar refractivity (Wildman–Crippen MR) is 282 cm³/mol. The molecule has 9 aromatic rings. The van der Waals surface area contributed by atoms with Gasteiger partial charge in [0.15, 0.2) is 0 Å². The van der Waals surface area contributed by atoms with Gasteiger partial charge >= 0.3 is 0 Å². The molecule has 2 nitrogen and oxygen atoms in total. The molecule has 5 heteroatoms. The maximum Gasteiger partial charge on any atom is 0.264 e. The van der Waals surface area contributed by atoms with E-state index < -0.39 is 0 Å². The first-order valence-electron chi connectivity index (χ1n) is 23.0. The molecular weight excluding hydrogens is 812 g/mol. The van der Waals surface area contributed by atoms with Crippen LogP contribution < -0.4 is 25.5 Å². The van der Waals surface area contributed by atoms with Gasteiger partial charge in [-0.05, 0) is 121 Å². The molecule has 0 spiro atoms. The minimum atomic E-state index is -0.0866. The van der Waals surface area contributed by atoms with E-state index in [0.29, 0.717) is 0 Å². The number of thiophene rings is 2. The number of hydrogen-bond donors (Lipinski definition) is 0. The van der Waals surface area contributed by atoms with E-state index in [1.807, 2.05) is 22.7 Å². The fourth-order valence-corrected chi connectivity index (χ4v) is 13.7. The third-order valence-corrected chi connectivity index (χ3v) is 17.0. The molecule has 0 saturated carbocycles. The minimum Gasteiger partial charge on any atom is -0.311 e. The summed E-state index contributed by atoms with van der Waals surface area (Å²) in [4.78, 5) is 5.30. The number of hydrogen-bond acceptors (Lipinski definition) is 4. The lowest BCUT2D eigenvalue weighted by Gasteiger charge is -2.44. The highest BCUT2D eigenvalue weighted by Gasteiger charge is 2.47. The number of nitrogens with zero attached hydrogens (tertiary/aromatic N) is 2. The average molecular weight is 867 g/mol. The summed E-state index contributed by atoms with van der Waals surface area (Å²) >= 11 is 3.95. The average Bonchev–Trinajstić information content (AvgIpc) is 3.89. The third kappa shape index (κ3) is 5.62. The van der Waals surface area contributed by atoms with E-state index >= 15 is 0 Å². The van der Waals surface area contributed by atoms with Gasteiger partial charge in [0.2, 0.25) is 0 Å². The number of benzene rings is 7. The molecule has 0 saturated heterocycles. The summed E-state index contributed by atoms with van der Waals surface area (Å²) in [7, 11) is 0. The van der Waals surface area contributed by atoms with Crippen LogP contribution in [-0.4, -0.2) is 6.71 Å². The Labute approximate surface area is 387 Å². The molecule has 0 N–H and O–H groups in total. The first-order valence-corrected chi connectivity index (χ1v) is 24.7. The number of fused-ring (bicyclic) bond motifs is 13. The van der Waals surface area contributed by atoms with Crippen LogP contribution in [0.1, 0.15) is 104 Å². The Morgan fingerprint density at radius 3 is 1.72 bits per heavy atom. The molecule has 64 heavy (non-hydrogen) atoms. The predicted octanol–water partition coefficient (Wildman–Crippen LogP) is 15.6. The molecule has 0 unspecified atom stereocenters. The summed E-state index contributed by atoms with van der Waals surface area (Å²) < 4.78 is 5.42. The van der Waals surface area contributed by atoms with Crippen LogP contribution in [-0.2, 0) is 21.7 Å². The molecule has 12 rings (SSSR count). The summed E-state index contributed by atoms with van der Waals surface area (Å²) in [6.07, 6.45) is 0. The highest BCUT2D eigenvalue weighted by atomic mass is 32.1. The van der Waals surface area contributed by atoms with E-state index in [1.165, 1.54) is 119 Å². The van der Waals surface area contributed by atoms with E-state index in [4.69, 9.17) is 0 Å². The van der Waals surface area contributed by atoms with Crippen LogP contribution in [0.4, 0.5) is 34.1 Å². The second-order valence-corrected chi connectivity index (χ2v) is 24.4. The van der Waals surface area contributed by atoms with Crippen molar-refractivity contribution in [3.63, 3.8) is 0 Å². The normalized spacial score (nSPS) is 15.1. The fourth-order valence-electron chi connectivity index (χ4n) is 11.2. The van der Waals surface area contributed by atoms with Gasteiger partial charge in [0.25, 0.3) is 6.71 Å². The number of rotatable bonds is 2. The Hall–Kier alpha value is -5.62. The summed E-state index contributed by atoms with van der Waals surface area (Å²) in [6, 6.07) is 52.2. The van der Waals surface area contributed by atoms with Crippen molar-refractivity contribution in [2.75, 3.05) is 9.80 Å². The van der Waals surface area contributed by atoms with Gasteiger partial charge in [-0.3, -0.25) is 0 Å². The Kier molecular flexibility index (Phi) is 8.26. The van der Waals surface area contributed by atoms with Crippen molar-refractivity contribution < 1.29 is 0 Å². The zero-order chi connectivity index (χ0) is 44.4. The van der Waals surface area contributed by atoms with Gasteiger partial charge in [0, 0.05) is 63.2 Å².